The Morgan fingerprint density at radius 3 is 2.81 bits per heavy atom. The maximum atomic E-state index is 12.6. The maximum absolute atomic E-state index is 12.6. The number of aryl methyl sites for hydroxylation is 3. The normalized spacial score (nSPS) is 20.2. The van der Waals surface area contributed by atoms with Crippen LogP contribution < -0.4 is 4.74 Å². The number of aliphatic hydroxyl groups is 1. The zero-order chi connectivity index (χ0) is 18.7. The van der Waals surface area contributed by atoms with Crippen LogP contribution in [0, 0.1) is 20.8 Å². The number of piperidine rings is 1. The number of nitrogens with zero attached hydrogens (tertiary/aromatic N) is 3. The Bertz CT molecular complexity index is 786. The number of aromatic nitrogens is 2. The predicted molar refractivity (Wildman–Crippen MR) is 99.1 cm³/mol. The van der Waals surface area contributed by atoms with Gasteiger partial charge < -0.3 is 14.7 Å². The monoisotopic (exact) mass is 357 g/mol. The molecule has 1 N–H and O–H groups in total. The fourth-order valence-electron chi connectivity index (χ4n) is 3.43. The number of likely N-dealkylation sites (tertiary alicyclic amines) is 1. The van der Waals surface area contributed by atoms with Gasteiger partial charge in [0.1, 0.15) is 24.5 Å². The molecule has 26 heavy (non-hydrogen) atoms. The summed E-state index contributed by atoms with van der Waals surface area (Å²) in [5.41, 5.74) is 1.95. The number of benzene rings is 1. The van der Waals surface area contributed by atoms with Gasteiger partial charge in [0.15, 0.2) is 0 Å². The van der Waals surface area contributed by atoms with Gasteiger partial charge in [-0.3, -0.25) is 9.48 Å². The number of ether oxygens (including phenoxy) is 1. The topological polar surface area (TPSA) is 67.6 Å². The lowest BCUT2D eigenvalue weighted by molar-refractivity contribution is -0.141. The van der Waals surface area contributed by atoms with Crippen molar-refractivity contribution in [2.75, 3.05) is 19.7 Å². The highest BCUT2D eigenvalue weighted by atomic mass is 16.5. The Morgan fingerprint density at radius 2 is 2.12 bits per heavy atom. The van der Waals surface area contributed by atoms with Crippen LogP contribution in [0.15, 0.2) is 30.3 Å². The molecule has 1 atom stereocenters. The molecule has 0 aliphatic carbocycles. The first kappa shape index (κ1) is 18.5. The minimum atomic E-state index is -1.02. The van der Waals surface area contributed by atoms with E-state index in [1.54, 1.807) is 9.58 Å². The van der Waals surface area contributed by atoms with Gasteiger partial charge in [-0.2, -0.15) is 5.10 Å². The third kappa shape index (κ3) is 4.43. The van der Waals surface area contributed by atoms with Crippen molar-refractivity contribution >= 4 is 5.91 Å². The number of amides is 1. The van der Waals surface area contributed by atoms with E-state index < -0.39 is 5.60 Å². The first-order chi connectivity index (χ1) is 12.3. The Labute approximate surface area is 154 Å². The molecule has 1 unspecified atom stereocenters. The number of β-amino-alcohol motifs (C(OH)–C–C–N with tert-alkyl or cyclic N) is 1. The Kier molecular flexibility index (Phi) is 5.32. The van der Waals surface area contributed by atoms with Crippen molar-refractivity contribution in [2.45, 2.75) is 45.8 Å². The molecule has 1 aromatic heterocycles. The summed E-state index contributed by atoms with van der Waals surface area (Å²) >= 11 is 0. The SMILES string of the molecule is Cc1cccc(OCC2(O)CCCN(C(=O)Cn3nc(C)cc3C)C2)c1. The van der Waals surface area contributed by atoms with Crippen LogP contribution >= 0.6 is 0 Å². The molecule has 1 saturated heterocycles. The van der Waals surface area contributed by atoms with Gasteiger partial charge >= 0.3 is 0 Å². The molecule has 0 spiro atoms. The van der Waals surface area contributed by atoms with E-state index in [2.05, 4.69) is 5.10 Å². The second kappa shape index (κ2) is 7.50. The second-order valence-electron chi connectivity index (χ2n) is 7.33. The van der Waals surface area contributed by atoms with Crippen molar-refractivity contribution in [3.05, 3.63) is 47.3 Å². The minimum Gasteiger partial charge on any atom is -0.491 e. The molecule has 0 bridgehead atoms. The zero-order valence-corrected chi connectivity index (χ0v) is 15.7. The molecule has 1 amide bonds. The average Bonchev–Trinajstić information content (AvgIpc) is 2.90. The molecule has 1 aliphatic rings. The first-order valence-electron chi connectivity index (χ1n) is 9.05. The first-order valence-corrected chi connectivity index (χ1v) is 9.05. The van der Waals surface area contributed by atoms with Gasteiger partial charge in [-0.15, -0.1) is 0 Å². The summed E-state index contributed by atoms with van der Waals surface area (Å²) in [5.74, 6) is 0.717. The number of carbonyl (C=O) groups is 1. The van der Waals surface area contributed by atoms with Gasteiger partial charge in [-0.1, -0.05) is 12.1 Å². The average molecular weight is 357 g/mol. The highest BCUT2D eigenvalue weighted by Gasteiger charge is 2.36. The van der Waals surface area contributed by atoms with Gasteiger partial charge in [0.2, 0.25) is 5.91 Å². The third-order valence-electron chi connectivity index (χ3n) is 4.79. The molecule has 1 aliphatic heterocycles. The maximum Gasteiger partial charge on any atom is 0.244 e. The van der Waals surface area contributed by atoms with E-state index in [1.165, 1.54) is 0 Å². The molecule has 3 rings (SSSR count). The van der Waals surface area contributed by atoms with Crippen molar-refractivity contribution in [2.24, 2.45) is 0 Å². The molecule has 1 aromatic carbocycles. The molecule has 140 valence electrons. The van der Waals surface area contributed by atoms with E-state index in [9.17, 15) is 9.90 Å². The van der Waals surface area contributed by atoms with Crippen LogP contribution in [0.1, 0.15) is 29.8 Å². The van der Waals surface area contributed by atoms with Crippen molar-refractivity contribution in [1.29, 1.82) is 0 Å². The number of hydrogen-bond acceptors (Lipinski definition) is 4. The van der Waals surface area contributed by atoms with Crippen LogP contribution in [-0.4, -0.2) is 51.0 Å². The summed E-state index contributed by atoms with van der Waals surface area (Å²) < 4.78 is 7.51. The predicted octanol–water partition coefficient (Wildman–Crippen LogP) is 2.24. The van der Waals surface area contributed by atoms with Crippen LogP contribution in [0.3, 0.4) is 0 Å². The van der Waals surface area contributed by atoms with E-state index in [-0.39, 0.29) is 25.6 Å². The molecule has 6 heteroatoms. The largest absolute Gasteiger partial charge is 0.491 e. The number of carbonyl (C=O) groups excluding carboxylic acids is 1. The summed E-state index contributed by atoms with van der Waals surface area (Å²) in [6.45, 7) is 7.18. The Hall–Kier alpha value is -2.34. The molecular weight excluding hydrogens is 330 g/mol. The van der Waals surface area contributed by atoms with Crippen LogP contribution in [0.5, 0.6) is 5.75 Å². The number of hydrogen-bond donors (Lipinski definition) is 1. The van der Waals surface area contributed by atoms with Gasteiger partial charge in [0.05, 0.1) is 12.2 Å². The molecule has 0 saturated carbocycles. The summed E-state index contributed by atoms with van der Waals surface area (Å²) in [4.78, 5) is 14.4. The highest BCUT2D eigenvalue weighted by Crippen LogP contribution is 2.23. The Morgan fingerprint density at radius 1 is 1.31 bits per heavy atom. The Balaban J connectivity index is 1.60. The van der Waals surface area contributed by atoms with Crippen molar-refractivity contribution in [1.82, 2.24) is 14.7 Å². The fraction of sp³-hybridized carbons (Fsp3) is 0.500. The molecule has 2 aromatic rings. The summed E-state index contributed by atoms with van der Waals surface area (Å²) in [6, 6.07) is 9.71. The van der Waals surface area contributed by atoms with Gasteiger partial charge in [-0.05, 0) is 57.4 Å². The third-order valence-corrected chi connectivity index (χ3v) is 4.79. The van der Waals surface area contributed by atoms with Crippen LogP contribution in [0.4, 0.5) is 0 Å². The van der Waals surface area contributed by atoms with E-state index in [0.29, 0.717) is 13.0 Å². The lowest BCUT2D eigenvalue weighted by Gasteiger charge is -2.39. The summed E-state index contributed by atoms with van der Waals surface area (Å²) in [7, 11) is 0. The quantitative estimate of drug-likeness (QED) is 0.891. The van der Waals surface area contributed by atoms with Crippen molar-refractivity contribution in [3.8, 4) is 5.75 Å². The van der Waals surface area contributed by atoms with E-state index >= 15 is 0 Å². The van der Waals surface area contributed by atoms with Gasteiger partial charge in [0, 0.05) is 12.2 Å². The second-order valence-corrected chi connectivity index (χ2v) is 7.33. The lowest BCUT2D eigenvalue weighted by atomic mass is 9.93. The van der Waals surface area contributed by atoms with Crippen LogP contribution in [0.2, 0.25) is 0 Å². The molecular formula is C20H27N3O3. The molecule has 6 nitrogen and oxygen atoms in total. The van der Waals surface area contributed by atoms with E-state index in [4.69, 9.17) is 4.74 Å². The van der Waals surface area contributed by atoms with Crippen molar-refractivity contribution < 1.29 is 14.6 Å². The standard InChI is InChI=1S/C20H27N3O3/c1-15-6-4-7-18(10-15)26-14-20(25)8-5-9-22(13-20)19(24)12-23-17(3)11-16(2)21-23/h4,6-7,10-11,25H,5,8-9,12-14H2,1-3H3. The van der Waals surface area contributed by atoms with E-state index in [1.807, 2.05) is 51.1 Å². The summed E-state index contributed by atoms with van der Waals surface area (Å²) in [5, 5.41) is 15.3. The fourth-order valence-corrected chi connectivity index (χ4v) is 3.43. The van der Waals surface area contributed by atoms with Crippen LogP contribution in [-0.2, 0) is 11.3 Å². The zero-order valence-electron chi connectivity index (χ0n) is 15.7. The van der Waals surface area contributed by atoms with Crippen molar-refractivity contribution in [3.63, 3.8) is 0 Å². The van der Waals surface area contributed by atoms with Gasteiger partial charge in [0.25, 0.3) is 0 Å². The van der Waals surface area contributed by atoms with Gasteiger partial charge in [-0.25, -0.2) is 0 Å². The highest BCUT2D eigenvalue weighted by molar-refractivity contribution is 5.76. The minimum absolute atomic E-state index is 0.0233. The lowest BCUT2D eigenvalue weighted by Crippen LogP contribution is -2.54. The molecule has 2 heterocycles. The van der Waals surface area contributed by atoms with E-state index in [0.717, 1.165) is 29.1 Å². The number of rotatable bonds is 5. The molecule has 1 fully saturated rings. The molecule has 0 radical (unpaired) electrons. The smallest absolute Gasteiger partial charge is 0.244 e. The van der Waals surface area contributed by atoms with Crippen LogP contribution in [0.25, 0.3) is 0 Å². The summed E-state index contributed by atoms with van der Waals surface area (Å²) in [6.07, 6.45) is 1.39.